The molecular weight excluding hydrogens is 272 g/mol. The molecule has 0 spiro atoms. The second-order valence-corrected chi connectivity index (χ2v) is 6.03. The summed E-state index contributed by atoms with van der Waals surface area (Å²) in [6.07, 6.45) is 2.65. The first kappa shape index (κ1) is 13.8. The molecule has 98 valence electrons. The molecule has 0 amide bonds. The Morgan fingerprint density at radius 3 is 2.40 bits per heavy atom. The number of hydrogen-bond acceptors (Lipinski definition) is 4. The summed E-state index contributed by atoms with van der Waals surface area (Å²) in [6.45, 7) is 1.81. The molecular formula is C15H10N2O2S. The van der Waals surface area contributed by atoms with Crippen LogP contribution in [0.1, 0.15) is 11.1 Å². The number of nitriles is 2. The Kier molecular flexibility index (Phi) is 3.56. The summed E-state index contributed by atoms with van der Waals surface area (Å²) in [5, 5.41) is 18.8. The lowest BCUT2D eigenvalue weighted by Gasteiger charge is -2.13. The van der Waals surface area contributed by atoms with Crippen molar-refractivity contribution in [2.45, 2.75) is 6.92 Å². The Hall–Kier alpha value is -2.63. The van der Waals surface area contributed by atoms with E-state index in [0.717, 1.165) is 11.0 Å². The summed E-state index contributed by atoms with van der Waals surface area (Å²) in [5.41, 5.74) is 1.59. The van der Waals surface area contributed by atoms with Crippen molar-refractivity contribution in [1.82, 2.24) is 0 Å². The standard InChI is InChI=1S/C15H10N2O2S/c1-11-4-2-3-5-14(11)15-8-12(13(9-16)10-17)6-7-20(15,18)19/h2-8H,1H3. The lowest BCUT2D eigenvalue weighted by molar-refractivity contribution is 0.613. The van der Waals surface area contributed by atoms with Gasteiger partial charge in [-0.2, -0.15) is 10.5 Å². The fourth-order valence-electron chi connectivity index (χ4n) is 1.90. The molecule has 0 radical (unpaired) electrons. The molecule has 0 aliphatic carbocycles. The molecule has 1 aliphatic heterocycles. The van der Waals surface area contributed by atoms with Gasteiger partial charge >= 0.3 is 0 Å². The van der Waals surface area contributed by atoms with Crippen molar-refractivity contribution >= 4 is 14.7 Å². The molecule has 20 heavy (non-hydrogen) atoms. The van der Waals surface area contributed by atoms with E-state index < -0.39 is 9.84 Å². The number of allylic oxidation sites excluding steroid dienone is 4. The zero-order valence-electron chi connectivity index (χ0n) is 10.7. The minimum Gasteiger partial charge on any atom is -0.219 e. The monoisotopic (exact) mass is 282 g/mol. The molecule has 0 N–H and O–H groups in total. The summed E-state index contributed by atoms with van der Waals surface area (Å²) in [4.78, 5) is 0.108. The van der Waals surface area contributed by atoms with E-state index in [-0.39, 0.29) is 10.5 Å². The molecule has 2 rings (SSSR count). The van der Waals surface area contributed by atoms with Gasteiger partial charge in [0.25, 0.3) is 0 Å². The minimum absolute atomic E-state index is 0.108. The summed E-state index contributed by atoms with van der Waals surface area (Å²) in [7, 11) is -3.55. The minimum atomic E-state index is -3.55. The Balaban J connectivity index is 2.73. The maximum atomic E-state index is 12.1. The molecule has 0 atom stereocenters. The van der Waals surface area contributed by atoms with E-state index in [1.165, 1.54) is 12.2 Å². The van der Waals surface area contributed by atoms with E-state index in [4.69, 9.17) is 10.5 Å². The van der Waals surface area contributed by atoms with E-state index in [1.54, 1.807) is 24.3 Å². The maximum Gasteiger partial charge on any atom is 0.200 e. The number of sulfone groups is 1. The van der Waals surface area contributed by atoms with Crippen LogP contribution in [0.2, 0.25) is 0 Å². The van der Waals surface area contributed by atoms with Gasteiger partial charge in [0.1, 0.15) is 17.7 Å². The van der Waals surface area contributed by atoms with Crippen LogP contribution >= 0.6 is 0 Å². The van der Waals surface area contributed by atoms with Gasteiger partial charge in [0.15, 0.2) is 9.84 Å². The Morgan fingerprint density at radius 2 is 1.80 bits per heavy atom. The lowest BCUT2D eigenvalue weighted by atomic mass is 10.0. The Labute approximate surface area is 117 Å². The molecule has 0 fully saturated rings. The highest BCUT2D eigenvalue weighted by Crippen LogP contribution is 2.31. The highest BCUT2D eigenvalue weighted by Gasteiger charge is 2.22. The predicted molar refractivity (Wildman–Crippen MR) is 75.5 cm³/mol. The van der Waals surface area contributed by atoms with Crippen molar-refractivity contribution in [3.05, 3.63) is 64.1 Å². The largest absolute Gasteiger partial charge is 0.219 e. The lowest BCUT2D eigenvalue weighted by Crippen LogP contribution is -2.05. The van der Waals surface area contributed by atoms with Gasteiger partial charge in [-0.15, -0.1) is 0 Å². The van der Waals surface area contributed by atoms with Gasteiger partial charge in [-0.05, 0) is 30.2 Å². The van der Waals surface area contributed by atoms with Gasteiger partial charge in [-0.3, -0.25) is 0 Å². The molecule has 5 heteroatoms. The smallest absolute Gasteiger partial charge is 0.200 e. The van der Waals surface area contributed by atoms with Crippen LogP contribution in [0.25, 0.3) is 4.91 Å². The van der Waals surface area contributed by atoms with Crippen molar-refractivity contribution in [3.63, 3.8) is 0 Å². The fourth-order valence-corrected chi connectivity index (χ4v) is 3.20. The first-order chi connectivity index (χ1) is 9.49. The van der Waals surface area contributed by atoms with Crippen LogP contribution in [-0.4, -0.2) is 8.42 Å². The van der Waals surface area contributed by atoms with Gasteiger partial charge in [0, 0.05) is 11.0 Å². The number of hydrogen-bond donors (Lipinski definition) is 0. The van der Waals surface area contributed by atoms with E-state index in [2.05, 4.69) is 0 Å². The van der Waals surface area contributed by atoms with Crippen LogP contribution < -0.4 is 0 Å². The fraction of sp³-hybridized carbons (Fsp3) is 0.0667. The van der Waals surface area contributed by atoms with Gasteiger partial charge in [0.2, 0.25) is 0 Å². The van der Waals surface area contributed by atoms with Gasteiger partial charge in [0.05, 0.1) is 4.91 Å². The highest BCUT2D eigenvalue weighted by atomic mass is 32.2. The molecule has 4 nitrogen and oxygen atoms in total. The van der Waals surface area contributed by atoms with Crippen molar-refractivity contribution in [2.24, 2.45) is 0 Å². The maximum absolute atomic E-state index is 12.1. The first-order valence-electron chi connectivity index (χ1n) is 5.75. The number of nitrogens with zero attached hydrogens (tertiary/aromatic N) is 2. The second-order valence-electron chi connectivity index (χ2n) is 4.23. The molecule has 1 aliphatic rings. The van der Waals surface area contributed by atoms with E-state index in [1.807, 2.05) is 19.1 Å². The molecule has 0 saturated carbocycles. The second kappa shape index (κ2) is 5.16. The average Bonchev–Trinajstić information content (AvgIpc) is 2.42. The molecule has 0 saturated heterocycles. The molecule has 0 unspecified atom stereocenters. The summed E-state index contributed by atoms with van der Waals surface area (Å²) in [5.74, 6) is 0. The first-order valence-corrected chi connectivity index (χ1v) is 7.29. The van der Waals surface area contributed by atoms with Gasteiger partial charge < -0.3 is 0 Å². The van der Waals surface area contributed by atoms with E-state index >= 15 is 0 Å². The van der Waals surface area contributed by atoms with Crippen molar-refractivity contribution in [2.75, 3.05) is 0 Å². The summed E-state index contributed by atoms with van der Waals surface area (Å²) in [6, 6.07) is 10.6. The average molecular weight is 282 g/mol. The van der Waals surface area contributed by atoms with Crippen molar-refractivity contribution in [3.8, 4) is 12.1 Å². The van der Waals surface area contributed by atoms with E-state index in [9.17, 15) is 8.42 Å². The predicted octanol–water partition coefficient (Wildman–Crippen LogP) is 2.62. The number of aryl methyl sites for hydroxylation is 1. The quantitative estimate of drug-likeness (QED) is 0.741. The Bertz CT molecular complexity index is 829. The molecule has 0 aromatic heterocycles. The third-order valence-electron chi connectivity index (χ3n) is 2.94. The summed E-state index contributed by atoms with van der Waals surface area (Å²) >= 11 is 0. The van der Waals surface area contributed by atoms with Crippen LogP contribution in [0.4, 0.5) is 0 Å². The highest BCUT2D eigenvalue weighted by molar-refractivity contribution is 8.03. The Morgan fingerprint density at radius 1 is 1.15 bits per heavy atom. The number of rotatable bonds is 1. The molecule has 0 bridgehead atoms. The van der Waals surface area contributed by atoms with Crippen LogP contribution in [0.5, 0.6) is 0 Å². The van der Waals surface area contributed by atoms with Crippen LogP contribution in [0.15, 0.2) is 53.0 Å². The molecule has 1 aromatic rings. The van der Waals surface area contributed by atoms with Crippen LogP contribution in [0, 0.1) is 29.6 Å². The normalized spacial score (nSPS) is 15.9. The van der Waals surface area contributed by atoms with Gasteiger partial charge in [-0.1, -0.05) is 24.3 Å². The van der Waals surface area contributed by atoms with Crippen molar-refractivity contribution < 1.29 is 8.42 Å². The third kappa shape index (κ3) is 2.40. The summed E-state index contributed by atoms with van der Waals surface area (Å²) < 4.78 is 24.3. The van der Waals surface area contributed by atoms with Crippen LogP contribution in [0.3, 0.4) is 0 Å². The molecule has 1 heterocycles. The molecule has 1 aromatic carbocycles. The topological polar surface area (TPSA) is 81.7 Å². The van der Waals surface area contributed by atoms with E-state index in [0.29, 0.717) is 11.1 Å². The number of benzene rings is 1. The SMILES string of the molecule is Cc1ccccc1C1=CC(=C(C#N)C#N)C=CS1(=O)=O. The zero-order chi connectivity index (χ0) is 14.8. The van der Waals surface area contributed by atoms with Crippen LogP contribution in [-0.2, 0) is 9.84 Å². The van der Waals surface area contributed by atoms with Gasteiger partial charge in [-0.25, -0.2) is 8.42 Å². The van der Waals surface area contributed by atoms with Crippen molar-refractivity contribution in [1.29, 1.82) is 10.5 Å². The zero-order valence-corrected chi connectivity index (χ0v) is 11.5. The third-order valence-corrected chi connectivity index (χ3v) is 4.39.